The molecule has 1 saturated carbocycles. The van der Waals surface area contributed by atoms with E-state index >= 15 is 0 Å². The average Bonchev–Trinajstić information content (AvgIpc) is 3.00. The molecule has 2 N–H and O–H groups in total. The zero-order valence-corrected chi connectivity index (χ0v) is 10.0. The summed E-state index contributed by atoms with van der Waals surface area (Å²) < 4.78 is 0. The number of rotatable bonds is 4. The van der Waals surface area contributed by atoms with Crippen LogP contribution in [0.15, 0.2) is 0 Å². The maximum atomic E-state index is 5.67. The third-order valence-corrected chi connectivity index (χ3v) is 2.60. The van der Waals surface area contributed by atoms with Crippen molar-refractivity contribution in [3.8, 4) is 0 Å². The summed E-state index contributed by atoms with van der Waals surface area (Å²) in [7, 11) is 5.77. The highest BCUT2D eigenvalue weighted by Crippen LogP contribution is 2.30. The number of nitrogens with zero attached hydrogens (tertiary/aromatic N) is 5. The summed E-state index contributed by atoms with van der Waals surface area (Å²) in [4.78, 5) is 16.5. The van der Waals surface area contributed by atoms with Crippen molar-refractivity contribution in [2.75, 3.05) is 43.2 Å². The largest absolute Gasteiger partial charge is 0.368 e. The van der Waals surface area contributed by atoms with Crippen molar-refractivity contribution >= 4 is 17.8 Å². The second kappa shape index (κ2) is 4.11. The first-order chi connectivity index (χ1) is 7.56. The Balaban J connectivity index is 2.17. The molecular formula is C10H18N6. The van der Waals surface area contributed by atoms with Gasteiger partial charge in [-0.25, -0.2) is 0 Å². The zero-order chi connectivity index (χ0) is 11.7. The molecule has 0 spiro atoms. The molecule has 0 aromatic carbocycles. The molecule has 0 aliphatic heterocycles. The maximum Gasteiger partial charge on any atom is 0.231 e. The van der Waals surface area contributed by atoms with Crippen LogP contribution in [0.1, 0.15) is 12.8 Å². The lowest BCUT2D eigenvalue weighted by atomic mass is 10.4. The van der Waals surface area contributed by atoms with Crippen molar-refractivity contribution in [3.05, 3.63) is 0 Å². The van der Waals surface area contributed by atoms with Gasteiger partial charge in [0.05, 0.1) is 0 Å². The van der Waals surface area contributed by atoms with Crippen LogP contribution in [-0.2, 0) is 0 Å². The standard InChI is InChI=1S/C10H18N6/c1-15(2)9-12-8(11)13-10(14-9)16(3)6-7-4-5-7/h7H,4-6H2,1-3H3,(H2,11,12,13,14). The Hall–Kier alpha value is -1.59. The van der Waals surface area contributed by atoms with Gasteiger partial charge in [-0.15, -0.1) is 0 Å². The van der Waals surface area contributed by atoms with Crippen molar-refractivity contribution < 1.29 is 0 Å². The SMILES string of the molecule is CN(C)c1nc(N)nc(N(C)CC2CC2)n1. The van der Waals surface area contributed by atoms with Gasteiger partial charge in [-0.05, 0) is 18.8 Å². The summed E-state index contributed by atoms with van der Waals surface area (Å²) in [6, 6.07) is 0. The van der Waals surface area contributed by atoms with E-state index in [-0.39, 0.29) is 5.95 Å². The van der Waals surface area contributed by atoms with Gasteiger partial charge in [0.2, 0.25) is 17.8 Å². The Kier molecular flexibility index (Phi) is 2.80. The lowest BCUT2D eigenvalue weighted by Gasteiger charge is -2.18. The van der Waals surface area contributed by atoms with Crippen molar-refractivity contribution in [2.24, 2.45) is 5.92 Å². The van der Waals surface area contributed by atoms with E-state index in [1.54, 1.807) is 0 Å². The van der Waals surface area contributed by atoms with E-state index < -0.39 is 0 Å². The highest BCUT2D eigenvalue weighted by molar-refractivity contribution is 5.42. The van der Waals surface area contributed by atoms with Gasteiger partial charge in [-0.1, -0.05) is 0 Å². The molecule has 1 heterocycles. The maximum absolute atomic E-state index is 5.67. The number of hydrogen-bond donors (Lipinski definition) is 1. The molecule has 0 amide bonds. The Morgan fingerprint density at radius 1 is 1.12 bits per heavy atom. The van der Waals surface area contributed by atoms with Gasteiger partial charge in [0, 0.05) is 27.7 Å². The summed E-state index contributed by atoms with van der Waals surface area (Å²) in [6.07, 6.45) is 2.62. The fraction of sp³-hybridized carbons (Fsp3) is 0.700. The predicted molar refractivity (Wildman–Crippen MR) is 64.6 cm³/mol. The third kappa shape index (κ3) is 2.50. The summed E-state index contributed by atoms with van der Waals surface area (Å²) in [6.45, 7) is 0.996. The minimum absolute atomic E-state index is 0.274. The van der Waals surface area contributed by atoms with Gasteiger partial charge in [0.1, 0.15) is 0 Å². The summed E-state index contributed by atoms with van der Waals surface area (Å²) in [5, 5.41) is 0. The van der Waals surface area contributed by atoms with Crippen LogP contribution in [0.2, 0.25) is 0 Å². The highest BCUT2D eigenvalue weighted by atomic mass is 15.3. The van der Waals surface area contributed by atoms with Crippen LogP contribution in [-0.4, -0.2) is 42.6 Å². The number of hydrogen-bond acceptors (Lipinski definition) is 6. The fourth-order valence-corrected chi connectivity index (χ4v) is 1.51. The van der Waals surface area contributed by atoms with Crippen molar-refractivity contribution in [1.82, 2.24) is 15.0 Å². The minimum atomic E-state index is 0.274. The lowest BCUT2D eigenvalue weighted by Crippen LogP contribution is -2.24. The fourth-order valence-electron chi connectivity index (χ4n) is 1.51. The van der Waals surface area contributed by atoms with Crippen molar-refractivity contribution in [1.29, 1.82) is 0 Å². The average molecular weight is 222 g/mol. The summed E-state index contributed by atoms with van der Waals surface area (Å²) in [5.41, 5.74) is 5.67. The molecule has 0 bridgehead atoms. The predicted octanol–water partition coefficient (Wildman–Crippen LogP) is 0.366. The van der Waals surface area contributed by atoms with Crippen LogP contribution in [0.4, 0.5) is 17.8 Å². The van der Waals surface area contributed by atoms with Crippen molar-refractivity contribution in [3.63, 3.8) is 0 Å². The monoisotopic (exact) mass is 222 g/mol. The van der Waals surface area contributed by atoms with Gasteiger partial charge in [0.25, 0.3) is 0 Å². The Bertz CT molecular complexity index is 374. The van der Waals surface area contributed by atoms with Gasteiger partial charge < -0.3 is 15.5 Å². The highest BCUT2D eigenvalue weighted by Gasteiger charge is 2.24. The van der Waals surface area contributed by atoms with Gasteiger partial charge in [0.15, 0.2) is 0 Å². The molecule has 6 nitrogen and oxygen atoms in total. The lowest BCUT2D eigenvalue weighted by molar-refractivity contribution is 0.759. The first kappa shape index (κ1) is 10.9. The Morgan fingerprint density at radius 3 is 2.31 bits per heavy atom. The molecule has 1 fully saturated rings. The second-order valence-corrected chi connectivity index (χ2v) is 4.51. The zero-order valence-electron chi connectivity index (χ0n) is 10.0. The van der Waals surface area contributed by atoms with Gasteiger partial charge >= 0.3 is 0 Å². The molecule has 6 heteroatoms. The number of nitrogens with two attached hydrogens (primary N) is 1. The number of nitrogen functional groups attached to an aromatic ring is 1. The van der Waals surface area contributed by atoms with E-state index in [4.69, 9.17) is 5.73 Å². The number of anilines is 3. The molecule has 2 rings (SSSR count). The third-order valence-electron chi connectivity index (χ3n) is 2.60. The van der Waals surface area contributed by atoms with E-state index in [1.165, 1.54) is 12.8 Å². The molecular weight excluding hydrogens is 204 g/mol. The van der Waals surface area contributed by atoms with Crippen molar-refractivity contribution in [2.45, 2.75) is 12.8 Å². The molecule has 0 atom stereocenters. The van der Waals surface area contributed by atoms with E-state index in [0.717, 1.165) is 12.5 Å². The van der Waals surface area contributed by atoms with Crippen LogP contribution in [0.5, 0.6) is 0 Å². The van der Waals surface area contributed by atoms with Crippen LogP contribution < -0.4 is 15.5 Å². The van der Waals surface area contributed by atoms with Gasteiger partial charge in [-0.3, -0.25) is 0 Å². The first-order valence-corrected chi connectivity index (χ1v) is 5.46. The molecule has 16 heavy (non-hydrogen) atoms. The minimum Gasteiger partial charge on any atom is -0.368 e. The normalized spacial score (nSPS) is 14.9. The van der Waals surface area contributed by atoms with Crippen LogP contribution >= 0.6 is 0 Å². The number of aromatic nitrogens is 3. The summed E-state index contributed by atoms with van der Waals surface area (Å²) in [5.74, 6) is 2.33. The molecule has 0 unspecified atom stereocenters. The molecule has 0 saturated heterocycles. The molecule has 88 valence electrons. The van der Waals surface area contributed by atoms with E-state index in [0.29, 0.717) is 11.9 Å². The molecule has 1 aromatic heterocycles. The van der Waals surface area contributed by atoms with E-state index in [2.05, 4.69) is 15.0 Å². The molecule has 1 aliphatic carbocycles. The van der Waals surface area contributed by atoms with E-state index in [9.17, 15) is 0 Å². The summed E-state index contributed by atoms with van der Waals surface area (Å²) >= 11 is 0. The van der Waals surface area contributed by atoms with Gasteiger partial charge in [-0.2, -0.15) is 15.0 Å². The Morgan fingerprint density at radius 2 is 1.75 bits per heavy atom. The second-order valence-electron chi connectivity index (χ2n) is 4.51. The smallest absolute Gasteiger partial charge is 0.231 e. The topological polar surface area (TPSA) is 71.2 Å². The first-order valence-electron chi connectivity index (χ1n) is 5.46. The van der Waals surface area contributed by atoms with Crippen LogP contribution in [0.25, 0.3) is 0 Å². The van der Waals surface area contributed by atoms with Crippen LogP contribution in [0, 0.1) is 5.92 Å². The molecule has 1 aromatic rings. The molecule has 0 radical (unpaired) electrons. The Labute approximate surface area is 95.5 Å². The quantitative estimate of drug-likeness (QED) is 0.793. The van der Waals surface area contributed by atoms with E-state index in [1.807, 2.05) is 30.9 Å². The molecule has 1 aliphatic rings. The van der Waals surface area contributed by atoms with Crippen LogP contribution in [0.3, 0.4) is 0 Å².